The Hall–Kier alpha value is -2.54. The molecular formula is C21H28N6O. The third kappa shape index (κ3) is 4.30. The lowest BCUT2D eigenvalue weighted by atomic mass is 10.2. The molecule has 28 heavy (non-hydrogen) atoms. The maximum Gasteiger partial charge on any atom is 0.236 e. The maximum atomic E-state index is 12.6. The molecule has 0 saturated carbocycles. The number of rotatable bonds is 5. The van der Waals surface area contributed by atoms with Gasteiger partial charge in [-0.3, -0.25) is 14.7 Å². The first-order valence-corrected chi connectivity index (χ1v) is 10.3. The number of piperazine rings is 1. The fourth-order valence-electron chi connectivity index (χ4n) is 3.85. The lowest BCUT2D eigenvalue weighted by molar-refractivity contribution is -0.132. The Labute approximate surface area is 166 Å². The topological polar surface area (TPSA) is 65.5 Å². The number of aromatic nitrogens is 3. The summed E-state index contributed by atoms with van der Waals surface area (Å²) in [7, 11) is 0. The smallest absolute Gasteiger partial charge is 0.236 e. The van der Waals surface area contributed by atoms with Gasteiger partial charge in [-0.15, -0.1) is 0 Å². The number of carbonyl (C=O) groups is 1. The van der Waals surface area contributed by atoms with Gasteiger partial charge in [0, 0.05) is 44.1 Å². The lowest BCUT2D eigenvalue weighted by Gasteiger charge is -2.36. The summed E-state index contributed by atoms with van der Waals surface area (Å²) in [5.74, 6) is 1.86. The quantitative estimate of drug-likeness (QED) is 0.789. The van der Waals surface area contributed by atoms with Gasteiger partial charge in [0.25, 0.3) is 0 Å². The number of pyridine rings is 1. The summed E-state index contributed by atoms with van der Waals surface area (Å²) in [5.41, 5.74) is 1.80. The number of aryl methyl sites for hydroxylation is 1. The number of anilines is 1. The van der Waals surface area contributed by atoms with Crippen molar-refractivity contribution in [3.63, 3.8) is 0 Å². The average Bonchev–Trinajstić information content (AvgIpc) is 3.27. The molecule has 0 radical (unpaired) electrons. The van der Waals surface area contributed by atoms with Crippen LogP contribution in [0.4, 0.5) is 5.82 Å². The van der Waals surface area contributed by atoms with Gasteiger partial charge in [0.1, 0.15) is 11.5 Å². The zero-order valence-corrected chi connectivity index (χ0v) is 16.5. The second kappa shape index (κ2) is 8.65. The number of carbonyl (C=O) groups excluding carboxylic acids is 1. The molecule has 0 spiro atoms. The van der Waals surface area contributed by atoms with E-state index < -0.39 is 0 Å². The predicted octanol–water partition coefficient (Wildman–Crippen LogP) is 1.85. The van der Waals surface area contributed by atoms with Gasteiger partial charge in [-0.05, 0) is 44.5 Å². The summed E-state index contributed by atoms with van der Waals surface area (Å²) < 4.78 is 0. The van der Waals surface area contributed by atoms with Crippen LogP contribution in [0.2, 0.25) is 0 Å². The van der Waals surface area contributed by atoms with Crippen LogP contribution in [-0.2, 0) is 11.2 Å². The first-order chi connectivity index (χ1) is 13.7. The molecular weight excluding hydrogens is 352 g/mol. The highest BCUT2D eigenvalue weighted by atomic mass is 16.2. The van der Waals surface area contributed by atoms with Crippen LogP contribution in [0.15, 0.2) is 30.5 Å². The highest BCUT2D eigenvalue weighted by Gasteiger charge is 2.25. The molecule has 2 aromatic heterocycles. The molecule has 2 aliphatic heterocycles. The second-order valence-corrected chi connectivity index (χ2v) is 7.46. The number of hydrogen-bond acceptors (Lipinski definition) is 6. The van der Waals surface area contributed by atoms with Crippen molar-refractivity contribution in [1.29, 1.82) is 0 Å². The van der Waals surface area contributed by atoms with Crippen molar-refractivity contribution < 1.29 is 4.79 Å². The summed E-state index contributed by atoms with van der Waals surface area (Å²) >= 11 is 0. The lowest BCUT2D eigenvalue weighted by Crippen LogP contribution is -2.51. The Bertz CT molecular complexity index is 798. The molecule has 2 fully saturated rings. The number of nitrogens with zero attached hydrogens (tertiary/aromatic N) is 6. The number of hydrogen-bond donors (Lipinski definition) is 0. The van der Waals surface area contributed by atoms with Crippen molar-refractivity contribution in [2.24, 2.45) is 0 Å². The maximum absolute atomic E-state index is 12.6. The van der Waals surface area contributed by atoms with E-state index in [-0.39, 0.29) is 5.91 Å². The van der Waals surface area contributed by atoms with Gasteiger partial charge in [-0.25, -0.2) is 9.97 Å². The van der Waals surface area contributed by atoms with Crippen molar-refractivity contribution in [3.05, 3.63) is 36.2 Å². The predicted molar refractivity (Wildman–Crippen MR) is 109 cm³/mol. The fraction of sp³-hybridized carbons (Fsp3) is 0.524. The molecule has 0 aromatic carbocycles. The minimum atomic E-state index is 0.257. The van der Waals surface area contributed by atoms with Crippen molar-refractivity contribution in [1.82, 2.24) is 24.8 Å². The van der Waals surface area contributed by atoms with Crippen LogP contribution >= 0.6 is 0 Å². The molecule has 2 aliphatic rings. The third-order valence-electron chi connectivity index (χ3n) is 5.54. The summed E-state index contributed by atoms with van der Waals surface area (Å²) in [6.45, 7) is 7.88. The zero-order valence-electron chi connectivity index (χ0n) is 16.5. The second-order valence-electron chi connectivity index (χ2n) is 7.46. The van der Waals surface area contributed by atoms with E-state index in [4.69, 9.17) is 4.98 Å². The Balaban J connectivity index is 1.43. The SMILES string of the molecule is CCc1cc(N2CCN(C(=O)CN3CCCC3)CC2)nc(-c2ccccn2)n1. The molecule has 0 unspecified atom stereocenters. The summed E-state index contributed by atoms with van der Waals surface area (Å²) in [6.07, 6.45) is 5.05. The summed E-state index contributed by atoms with van der Waals surface area (Å²) in [5, 5.41) is 0. The van der Waals surface area contributed by atoms with Crippen LogP contribution in [0.3, 0.4) is 0 Å². The van der Waals surface area contributed by atoms with Gasteiger partial charge in [-0.1, -0.05) is 13.0 Å². The van der Waals surface area contributed by atoms with Crippen molar-refractivity contribution >= 4 is 11.7 Å². The number of amides is 1. The van der Waals surface area contributed by atoms with Crippen LogP contribution in [0.5, 0.6) is 0 Å². The van der Waals surface area contributed by atoms with E-state index in [1.807, 2.05) is 23.1 Å². The molecule has 0 aliphatic carbocycles. The molecule has 2 saturated heterocycles. The van der Waals surface area contributed by atoms with E-state index in [0.717, 1.165) is 62.9 Å². The standard InChI is InChI=1S/C21H28N6O/c1-2-17-15-19(24-21(23-17)18-7-3-4-8-22-18)26-11-13-27(14-12-26)20(28)16-25-9-5-6-10-25/h3-4,7-8,15H,2,5-6,9-14,16H2,1H3. The van der Waals surface area contributed by atoms with Crippen LogP contribution in [0, 0.1) is 0 Å². The molecule has 2 aromatic rings. The molecule has 0 bridgehead atoms. The highest BCUT2D eigenvalue weighted by molar-refractivity contribution is 5.78. The van der Waals surface area contributed by atoms with Crippen molar-refractivity contribution in [3.8, 4) is 11.5 Å². The Morgan fingerprint density at radius 3 is 2.50 bits per heavy atom. The normalized spacial score (nSPS) is 17.9. The van der Waals surface area contributed by atoms with Gasteiger partial charge in [0.05, 0.1) is 6.54 Å². The Morgan fingerprint density at radius 2 is 1.82 bits per heavy atom. The minimum Gasteiger partial charge on any atom is -0.353 e. The molecule has 1 amide bonds. The summed E-state index contributed by atoms with van der Waals surface area (Å²) in [6, 6.07) is 7.85. The van der Waals surface area contributed by atoms with Crippen molar-refractivity contribution in [2.45, 2.75) is 26.2 Å². The largest absolute Gasteiger partial charge is 0.353 e. The molecule has 7 nitrogen and oxygen atoms in total. The average molecular weight is 380 g/mol. The van der Waals surface area contributed by atoms with Gasteiger partial charge in [0.15, 0.2) is 5.82 Å². The van der Waals surface area contributed by atoms with E-state index in [1.54, 1.807) is 6.20 Å². The Morgan fingerprint density at radius 1 is 1.04 bits per heavy atom. The molecule has 0 N–H and O–H groups in total. The zero-order chi connectivity index (χ0) is 19.3. The van der Waals surface area contributed by atoms with Gasteiger partial charge < -0.3 is 9.80 Å². The molecule has 148 valence electrons. The fourth-order valence-corrected chi connectivity index (χ4v) is 3.85. The van der Waals surface area contributed by atoms with Gasteiger partial charge in [0.2, 0.25) is 5.91 Å². The summed E-state index contributed by atoms with van der Waals surface area (Å²) in [4.78, 5) is 32.9. The highest BCUT2D eigenvalue weighted by Crippen LogP contribution is 2.20. The molecule has 4 rings (SSSR count). The van der Waals surface area contributed by atoms with E-state index in [0.29, 0.717) is 12.4 Å². The molecule has 7 heteroatoms. The van der Waals surface area contributed by atoms with Crippen molar-refractivity contribution in [2.75, 3.05) is 50.7 Å². The monoisotopic (exact) mass is 380 g/mol. The molecule has 0 atom stereocenters. The van der Waals surface area contributed by atoms with E-state index in [9.17, 15) is 4.79 Å². The van der Waals surface area contributed by atoms with E-state index >= 15 is 0 Å². The van der Waals surface area contributed by atoms with Crippen LogP contribution in [0.25, 0.3) is 11.5 Å². The van der Waals surface area contributed by atoms with Crippen LogP contribution in [0.1, 0.15) is 25.5 Å². The van der Waals surface area contributed by atoms with Gasteiger partial charge >= 0.3 is 0 Å². The van der Waals surface area contributed by atoms with Crippen LogP contribution < -0.4 is 4.90 Å². The molecule has 4 heterocycles. The van der Waals surface area contributed by atoms with E-state index in [2.05, 4.69) is 32.8 Å². The van der Waals surface area contributed by atoms with E-state index in [1.165, 1.54) is 12.8 Å². The first kappa shape index (κ1) is 18.8. The minimum absolute atomic E-state index is 0.257. The third-order valence-corrected chi connectivity index (χ3v) is 5.54. The Kier molecular flexibility index (Phi) is 5.81. The number of likely N-dealkylation sites (tertiary alicyclic amines) is 1. The van der Waals surface area contributed by atoms with Crippen LogP contribution in [-0.4, -0.2) is 76.5 Å². The van der Waals surface area contributed by atoms with Gasteiger partial charge in [-0.2, -0.15) is 0 Å². The first-order valence-electron chi connectivity index (χ1n) is 10.3.